The van der Waals surface area contributed by atoms with Crippen LogP contribution < -0.4 is 14.8 Å². The quantitative estimate of drug-likeness (QED) is 0.382. The van der Waals surface area contributed by atoms with E-state index in [-0.39, 0.29) is 12.4 Å². The fourth-order valence-electron chi connectivity index (χ4n) is 4.99. The fraction of sp³-hybridized carbons (Fsp3) is 0.167. The lowest BCUT2D eigenvalue weighted by Crippen LogP contribution is -2.29. The van der Waals surface area contributed by atoms with E-state index in [1.165, 1.54) is 14.2 Å². The summed E-state index contributed by atoms with van der Waals surface area (Å²) in [5, 5.41) is 12.7. The maximum atomic E-state index is 13.6. The highest BCUT2D eigenvalue weighted by Crippen LogP contribution is 2.49. The molecule has 3 aromatic carbocycles. The Morgan fingerprint density at radius 1 is 1.08 bits per heavy atom. The van der Waals surface area contributed by atoms with E-state index in [0.29, 0.717) is 55.2 Å². The molecule has 0 spiro atoms. The molecule has 1 N–H and O–H groups in total. The van der Waals surface area contributed by atoms with Gasteiger partial charge in [-0.05, 0) is 46.6 Å². The van der Waals surface area contributed by atoms with Gasteiger partial charge in [0.05, 0.1) is 41.6 Å². The van der Waals surface area contributed by atoms with E-state index in [2.05, 4.69) is 27.3 Å². The summed E-state index contributed by atoms with van der Waals surface area (Å²) in [4.78, 5) is 26.6. The monoisotopic (exact) mass is 570 g/mol. The second-order valence-corrected chi connectivity index (χ2v) is 9.70. The van der Waals surface area contributed by atoms with Gasteiger partial charge >= 0.3 is 5.97 Å². The molecule has 5 rings (SSSR count). The zero-order chi connectivity index (χ0) is 27.0. The van der Waals surface area contributed by atoms with Crippen LogP contribution in [0, 0.1) is 11.3 Å². The first-order chi connectivity index (χ1) is 18.4. The lowest BCUT2D eigenvalue weighted by atomic mass is 9.79. The average Bonchev–Trinajstić information content (AvgIpc) is 3.22. The van der Waals surface area contributed by atoms with Crippen molar-refractivity contribution in [3.8, 4) is 17.6 Å². The van der Waals surface area contributed by atoms with Gasteiger partial charge < -0.3 is 19.5 Å². The number of halogens is 1. The van der Waals surface area contributed by atoms with Gasteiger partial charge in [0.1, 0.15) is 6.61 Å². The van der Waals surface area contributed by atoms with Crippen LogP contribution in [0.1, 0.15) is 45.5 Å². The zero-order valence-electron chi connectivity index (χ0n) is 20.9. The Hall–Kier alpha value is -4.35. The highest BCUT2D eigenvalue weighted by Gasteiger charge is 2.43. The van der Waals surface area contributed by atoms with E-state index in [4.69, 9.17) is 14.2 Å². The van der Waals surface area contributed by atoms with Crippen molar-refractivity contribution in [2.45, 2.75) is 19.4 Å². The van der Waals surface area contributed by atoms with Gasteiger partial charge in [0.25, 0.3) is 0 Å². The van der Waals surface area contributed by atoms with Gasteiger partial charge in [-0.2, -0.15) is 5.26 Å². The molecule has 3 aromatic rings. The molecule has 0 unspecified atom stereocenters. The number of allylic oxidation sites excluding steroid dienone is 2. The van der Waals surface area contributed by atoms with Crippen molar-refractivity contribution in [2.75, 3.05) is 14.2 Å². The van der Waals surface area contributed by atoms with Crippen molar-refractivity contribution in [3.63, 3.8) is 0 Å². The molecular weight excluding hydrogens is 548 g/mol. The van der Waals surface area contributed by atoms with Gasteiger partial charge in [-0.3, -0.25) is 4.79 Å². The second-order valence-electron chi connectivity index (χ2n) is 8.84. The summed E-state index contributed by atoms with van der Waals surface area (Å²) >= 11 is 3.60. The van der Waals surface area contributed by atoms with E-state index in [1.807, 2.05) is 36.4 Å². The number of dihydropyridines is 1. The SMILES string of the molecule is COC(=O)C1=C(C)NC2=C(C(=O)c3ccccc32)[C@@H]1c1cc(Br)c(OCc2ccccc2C#N)c(OC)c1. The van der Waals surface area contributed by atoms with Crippen molar-refractivity contribution in [1.29, 1.82) is 5.26 Å². The normalized spacial score (nSPS) is 15.9. The minimum absolute atomic E-state index is 0.148. The lowest BCUT2D eigenvalue weighted by molar-refractivity contribution is -0.136. The molecule has 1 aliphatic carbocycles. The van der Waals surface area contributed by atoms with Crippen LogP contribution in [0.25, 0.3) is 5.70 Å². The molecule has 2 aliphatic rings. The largest absolute Gasteiger partial charge is 0.493 e. The molecule has 0 radical (unpaired) electrons. The maximum absolute atomic E-state index is 13.6. The zero-order valence-corrected chi connectivity index (χ0v) is 22.5. The Labute approximate surface area is 228 Å². The molecule has 8 heteroatoms. The minimum Gasteiger partial charge on any atom is -0.493 e. The number of methoxy groups -OCH3 is 2. The summed E-state index contributed by atoms with van der Waals surface area (Å²) in [5.74, 6) is -0.524. The third-order valence-electron chi connectivity index (χ3n) is 6.75. The summed E-state index contributed by atoms with van der Waals surface area (Å²) in [7, 11) is 2.84. The lowest BCUT2D eigenvalue weighted by Gasteiger charge is -2.29. The number of carbonyl (C=O) groups is 2. The Morgan fingerprint density at radius 3 is 2.50 bits per heavy atom. The molecule has 0 bridgehead atoms. The van der Waals surface area contributed by atoms with Crippen LogP contribution in [0.3, 0.4) is 0 Å². The molecule has 0 fully saturated rings. The van der Waals surface area contributed by atoms with Crippen molar-refractivity contribution in [1.82, 2.24) is 5.32 Å². The number of Topliss-reactive ketones (excluding diaryl/α,β-unsaturated/α-hetero) is 1. The highest BCUT2D eigenvalue weighted by molar-refractivity contribution is 9.10. The number of ketones is 1. The average molecular weight is 571 g/mol. The molecule has 38 heavy (non-hydrogen) atoms. The molecule has 1 atom stereocenters. The Balaban J connectivity index is 1.61. The molecule has 0 aromatic heterocycles. The van der Waals surface area contributed by atoms with Gasteiger partial charge in [-0.25, -0.2) is 4.79 Å². The number of fused-ring (bicyclic) bond motifs is 2. The molecule has 1 aliphatic heterocycles. The number of rotatable bonds is 6. The van der Waals surface area contributed by atoms with Crippen LogP contribution >= 0.6 is 15.9 Å². The first-order valence-electron chi connectivity index (χ1n) is 11.8. The van der Waals surface area contributed by atoms with Crippen LogP contribution in [-0.4, -0.2) is 26.0 Å². The van der Waals surface area contributed by atoms with Gasteiger partial charge in [0, 0.05) is 33.9 Å². The van der Waals surface area contributed by atoms with Crippen LogP contribution in [0.2, 0.25) is 0 Å². The third-order valence-corrected chi connectivity index (χ3v) is 7.34. The topological polar surface area (TPSA) is 97.6 Å². The smallest absolute Gasteiger partial charge is 0.336 e. The number of benzene rings is 3. The molecular formula is C30H23BrN2O5. The van der Waals surface area contributed by atoms with Gasteiger partial charge in [0.15, 0.2) is 17.3 Å². The molecule has 1 heterocycles. The van der Waals surface area contributed by atoms with Crippen LogP contribution in [0.15, 0.2) is 82.0 Å². The summed E-state index contributed by atoms with van der Waals surface area (Å²) in [6.07, 6.45) is 0. The highest BCUT2D eigenvalue weighted by atomic mass is 79.9. The van der Waals surface area contributed by atoms with Gasteiger partial charge in [-0.1, -0.05) is 42.5 Å². The van der Waals surface area contributed by atoms with Crippen molar-refractivity contribution in [3.05, 3.63) is 110 Å². The number of hydrogen-bond acceptors (Lipinski definition) is 7. The molecule has 7 nitrogen and oxygen atoms in total. The van der Waals surface area contributed by atoms with E-state index in [0.717, 1.165) is 11.1 Å². The van der Waals surface area contributed by atoms with Gasteiger partial charge in [0.2, 0.25) is 0 Å². The number of hydrogen-bond donors (Lipinski definition) is 1. The summed E-state index contributed by atoms with van der Waals surface area (Å²) < 4.78 is 17.5. The Bertz CT molecular complexity index is 1600. The molecule has 190 valence electrons. The second kappa shape index (κ2) is 10.2. The predicted molar refractivity (Wildman–Crippen MR) is 144 cm³/mol. The number of nitrogens with one attached hydrogen (secondary N) is 1. The predicted octanol–water partition coefficient (Wildman–Crippen LogP) is 5.65. The minimum atomic E-state index is -0.697. The summed E-state index contributed by atoms with van der Waals surface area (Å²) in [6.45, 7) is 1.95. The Kier molecular flexibility index (Phi) is 6.79. The number of nitrogens with zero attached hydrogens (tertiary/aromatic N) is 1. The van der Waals surface area contributed by atoms with Crippen LogP contribution in [0.4, 0.5) is 0 Å². The van der Waals surface area contributed by atoms with Crippen molar-refractivity contribution in [2.24, 2.45) is 0 Å². The number of esters is 1. The van der Waals surface area contributed by atoms with E-state index in [1.54, 1.807) is 31.2 Å². The van der Waals surface area contributed by atoms with Crippen molar-refractivity contribution < 1.29 is 23.8 Å². The van der Waals surface area contributed by atoms with Gasteiger partial charge in [-0.15, -0.1) is 0 Å². The third kappa shape index (κ3) is 4.15. The summed E-state index contributed by atoms with van der Waals surface area (Å²) in [5.41, 5.74) is 5.41. The van der Waals surface area contributed by atoms with Crippen LogP contribution in [0.5, 0.6) is 11.5 Å². The fourth-order valence-corrected chi connectivity index (χ4v) is 5.57. The Morgan fingerprint density at radius 2 is 1.79 bits per heavy atom. The standard InChI is InChI=1S/C30H23BrN2O5/c1-16-24(30(35)37-3)25(26-27(33-16)20-10-6-7-11-21(20)28(26)34)19-12-22(31)29(23(13-19)36-2)38-15-18-9-5-4-8-17(18)14-32/h4-13,25,33H,15H2,1-3H3/t25-/m1/s1. The molecule has 0 saturated heterocycles. The van der Waals surface area contributed by atoms with E-state index in [9.17, 15) is 14.9 Å². The molecule has 0 amide bonds. The van der Waals surface area contributed by atoms with Crippen molar-refractivity contribution >= 4 is 33.4 Å². The van der Waals surface area contributed by atoms with E-state index < -0.39 is 11.9 Å². The first-order valence-corrected chi connectivity index (χ1v) is 12.6. The number of carbonyl (C=O) groups excluding carboxylic acids is 2. The maximum Gasteiger partial charge on any atom is 0.336 e. The first kappa shape index (κ1) is 25.3. The number of ether oxygens (including phenoxy) is 3. The molecule has 0 saturated carbocycles. The van der Waals surface area contributed by atoms with E-state index >= 15 is 0 Å². The number of nitriles is 1. The van der Waals surface area contributed by atoms with Crippen LogP contribution in [-0.2, 0) is 16.1 Å². The summed E-state index contributed by atoms with van der Waals surface area (Å²) in [6, 6.07) is 20.3.